The monoisotopic (exact) mass is 1120 g/mol. The van der Waals surface area contributed by atoms with E-state index in [1.807, 2.05) is 161 Å². The van der Waals surface area contributed by atoms with E-state index >= 15 is 0 Å². The van der Waals surface area contributed by atoms with E-state index in [0.717, 1.165) is 54.2 Å². The van der Waals surface area contributed by atoms with E-state index in [1.165, 1.54) is 16.2 Å². The molecule has 0 saturated carbocycles. The van der Waals surface area contributed by atoms with Gasteiger partial charge in [0.15, 0.2) is 10.8 Å². The molecule has 1 saturated heterocycles. The first kappa shape index (κ1) is 56.0. The molecule has 0 spiro atoms. The number of aromatic carboxylic acids is 1. The Bertz CT molecular complexity index is 3630. The highest BCUT2D eigenvalue weighted by atomic mass is 32.1. The molecule has 10 rings (SSSR count). The van der Waals surface area contributed by atoms with E-state index in [1.54, 1.807) is 23.5 Å². The summed E-state index contributed by atoms with van der Waals surface area (Å²) in [5.41, 5.74) is 9.95. The number of carboxylic acids is 1. The summed E-state index contributed by atoms with van der Waals surface area (Å²) in [5, 5.41) is 30.8. The molecule has 5 heterocycles. The van der Waals surface area contributed by atoms with Crippen LogP contribution in [-0.4, -0.2) is 90.9 Å². The lowest BCUT2D eigenvalue weighted by Gasteiger charge is -2.35. The van der Waals surface area contributed by atoms with Gasteiger partial charge in [-0.05, 0) is 133 Å². The summed E-state index contributed by atoms with van der Waals surface area (Å²) in [4.78, 5) is 86.3. The van der Waals surface area contributed by atoms with E-state index in [2.05, 4.69) is 25.9 Å². The van der Waals surface area contributed by atoms with Crippen LogP contribution in [0.25, 0.3) is 31.8 Å². The van der Waals surface area contributed by atoms with E-state index in [4.69, 9.17) is 9.72 Å². The number of pyridine rings is 1. The molecule has 1 fully saturated rings. The van der Waals surface area contributed by atoms with Crippen LogP contribution in [0.4, 0.5) is 10.9 Å². The molecule has 4 atom stereocenters. The zero-order valence-corrected chi connectivity index (χ0v) is 47.6. The third kappa shape index (κ3) is 12.5. The number of nitrogens with zero attached hydrogens (tertiary/aromatic N) is 5. The van der Waals surface area contributed by atoms with Crippen molar-refractivity contribution in [1.29, 1.82) is 0 Å². The quantitative estimate of drug-likeness (QED) is 0.0576. The maximum absolute atomic E-state index is 14.3. The number of ether oxygens (including phenoxy) is 1. The Hall–Kier alpha value is -8.32. The molecule has 2 aliphatic heterocycles. The molecule has 2 unspecified atom stereocenters. The van der Waals surface area contributed by atoms with Crippen molar-refractivity contribution in [2.24, 2.45) is 5.41 Å². The number of thiazole rings is 2. The van der Waals surface area contributed by atoms with E-state index < -0.39 is 35.5 Å². The minimum atomic E-state index is -1.17. The number of aryl methyl sites for hydroxylation is 2. The lowest BCUT2D eigenvalue weighted by molar-refractivity contribution is -0.144. The number of carbonyl (C=O) groups excluding carboxylic acids is 4. The van der Waals surface area contributed by atoms with Gasteiger partial charge in [-0.25, -0.2) is 19.7 Å². The van der Waals surface area contributed by atoms with Crippen molar-refractivity contribution < 1.29 is 38.9 Å². The summed E-state index contributed by atoms with van der Waals surface area (Å²) in [6.07, 6.45) is 1.08. The van der Waals surface area contributed by atoms with Crippen LogP contribution < -0.4 is 25.6 Å². The molecule has 18 heteroatoms. The number of aliphatic hydroxyl groups is 1. The van der Waals surface area contributed by atoms with Gasteiger partial charge in [-0.2, -0.15) is 0 Å². The number of para-hydroxylation sites is 1. The fourth-order valence-corrected chi connectivity index (χ4v) is 12.3. The number of nitrogens with one attached hydrogen (secondary N) is 3. The number of likely N-dealkylation sites (tertiary alicyclic amines) is 1. The summed E-state index contributed by atoms with van der Waals surface area (Å²) in [6.45, 7) is 12.2. The Labute approximate surface area is 478 Å². The molecule has 5 N–H and O–H groups in total. The van der Waals surface area contributed by atoms with Gasteiger partial charge >= 0.3 is 5.97 Å². The first-order chi connectivity index (χ1) is 38.9. The highest BCUT2D eigenvalue weighted by molar-refractivity contribution is 7.22. The van der Waals surface area contributed by atoms with Crippen molar-refractivity contribution >= 4 is 73.4 Å². The van der Waals surface area contributed by atoms with Crippen LogP contribution in [0, 0.1) is 19.3 Å². The zero-order valence-electron chi connectivity index (χ0n) is 46.0. The predicted molar refractivity (Wildman–Crippen MR) is 316 cm³/mol. The number of β-amino-alcohol motifs (C(OH)–C–C–N with tert-alkyl or cyclic N) is 1. The summed E-state index contributed by atoms with van der Waals surface area (Å²) < 4.78 is 7.35. The largest absolute Gasteiger partial charge is 0.476 e. The van der Waals surface area contributed by atoms with Crippen LogP contribution >= 0.6 is 22.7 Å². The average Bonchev–Trinajstić information content (AvgIpc) is 4.26. The maximum Gasteiger partial charge on any atom is 0.355 e. The molecule has 5 aromatic carbocycles. The number of benzene rings is 5. The molecule has 8 aromatic rings. The first-order valence-electron chi connectivity index (χ1n) is 27.1. The highest BCUT2D eigenvalue weighted by Crippen LogP contribution is 2.37. The minimum absolute atomic E-state index is 0.0197. The van der Waals surface area contributed by atoms with Crippen molar-refractivity contribution in [3.63, 3.8) is 0 Å². The Morgan fingerprint density at radius 3 is 2.35 bits per heavy atom. The van der Waals surface area contributed by atoms with Crippen molar-refractivity contribution in [3.8, 4) is 33.1 Å². The van der Waals surface area contributed by atoms with Crippen molar-refractivity contribution in [1.82, 2.24) is 30.5 Å². The van der Waals surface area contributed by atoms with Crippen LogP contribution in [0.2, 0.25) is 0 Å². The van der Waals surface area contributed by atoms with Gasteiger partial charge in [-0.15, -0.1) is 11.3 Å². The molecule has 3 aromatic heterocycles. The number of hydrogen-bond acceptors (Lipinski definition) is 13. The van der Waals surface area contributed by atoms with Crippen LogP contribution in [0.15, 0.2) is 127 Å². The van der Waals surface area contributed by atoms with Crippen LogP contribution in [0.3, 0.4) is 0 Å². The lowest BCUT2D eigenvalue weighted by atomic mass is 9.85. The molecule has 0 aliphatic carbocycles. The number of aliphatic hydroxyl groups excluding tert-OH is 1. The van der Waals surface area contributed by atoms with Gasteiger partial charge in [-0.3, -0.25) is 24.5 Å². The number of fused-ring (bicyclic) bond motifs is 2. The van der Waals surface area contributed by atoms with Gasteiger partial charge in [0, 0.05) is 43.6 Å². The Morgan fingerprint density at radius 1 is 0.852 bits per heavy atom. The topological polar surface area (TPSA) is 216 Å². The van der Waals surface area contributed by atoms with E-state index in [9.17, 15) is 34.2 Å². The summed E-state index contributed by atoms with van der Waals surface area (Å²) in [7, 11) is 0. The zero-order chi connectivity index (χ0) is 57.1. The van der Waals surface area contributed by atoms with Crippen LogP contribution in [0.1, 0.15) is 107 Å². The number of carboxylic acid groups (broad SMARTS) is 1. The molecule has 81 heavy (non-hydrogen) atoms. The smallest absolute Gasteiger partial charge is 0.355 e. The molecule has 2 aliphatic rings. The fourth-order valence-electron chi connectivity index (χ4n) is 10.7. The molecule has 0 radical (unpaired) electrons. The van der Waals surface area contributed by atoms with Gasteiger partial charge in [0.05, 0.1) is 38.4 Å². The number of rotatable bonds is 17. The number of anilines is 2. The normalized spacial score (nSPS) is 15.9. The number of aromatic nitrogens is 3. The SMILES string of the molecule is Cc1ncsc1-c1ccc(C(C)NC(=O)[C@@H]2C[C@@H](O)CN2C(=O)C(NC(=O)CCCc2ccc(Oc3cccc(-c4ccc(N5CCc6cccc(C(=O)Nc7nc8ccccc8s7)c6C5)nc4C(=O)O)c3C)cc2)C(C)(C)C)cc1. The molecule has 0 bridgehead atoms. The van der Waals surface area contributed by atoms with Gasteiger partial charge in [0.1, 0.15) is 29.4 Å². The summed E-state index contributed by atoms with van der Waals surface area (Å²) >= 11 is 2.98. The van der Waals surface area contributed by atoms with Gasteiger partial charge < -0.3 is 35.4 Å². The molecule has 416 valence electrons. The van der Waals surface area contributed by atoms with Crippen molar-refractivity contribution in [2.75, 3.05) is 23.3 Å². The van der Waals surface area contributed by atoms with Crippen LogP contribution in [0.5, 0.6) is 11.5 Å². The molecule has 16 nitrogen and oxygen atoms in total. The van der Waals surface area contributed by atoms with Crippen molar-refractivity contribution in [2.45, 2.75) is 104 Å². The second-order valence-electron chi connectivity index (χ2n) is 21.8. The predicted octanol–water partition coefficient (Wildman–Crippen LogP) is 11.1. The van der Waals surface area contributed by atoms with E-state index in [0.29, 0.717) is 71.5 Å². The third-order valence-corrected chi connectivity index (χ3v) is 17.0. The average molecular weight is 1130 g/mol. The van der Waals surface area contributed by atoms with Crippen LogP contribution in [-0.2, 0) is 33.8 Å². The fraction of sp³-hybridized carbons (Fsp3) is 0.302. The second kappa shape index (κ2) is 23.8. The van der Waals surface area contributed by atoms with Crippen molar-refractivity contribution in [3.05, 3.63) is 172 Å². The molecular formula is C63H64N8O8S2. The van der Waals surface area contributed by atoms with Gasteiger partial charge in [0.2, 0.25) is 17.7 Å². The standard InChI is InChI=1S/C63H64N8O8S2/c1-36-45(46-28-29-53(67-55(46)61(77)78)70-31-30-41-13-10-15-47(48(41)34-70)58(74)69-62-66-49-16-7-8-18-52(49)81-62)14-11-17-51(36)79-44-26-20-39(21-27-44)12-9-19-54(73)68-57(63(4,5)6)60(76)71-33-43(72)32-50(71)59(75)65-37(2)40-22-24-42(25-23-40)56-38(3)64-35-80-56/h7-8,10-11,13-18,20-29,35,37,43,50,57,72H,9,12,19,30-34H2,1-6H3,(H,65,75)(H,68,73)(H,77,78)(H,66,69,74)/t37?,43-,50+,57?/m1/s1. The molecular weight excluding hydrogens is 1060 g/mol. The highest BCUT2D eigenvalue weighted by Gasteiger charge is 2.45. The Kier molecular flexibility index (Phi) is 16.4. The molecule has 4 amide bonds. The number of carbonyl (C=O) groups is 5. The Morgan fingerprint density at radius 2 is 1.62 bits per heavy atom. The maximum atomic E-state index is 14.3. The summed E-state index contributed by atoms with van der Waals surface area (Å²) in [5.74, 6) is -0.924. The lowest BCUT2D eigenvalue weighted by Crippen LogP contribution is -2.57. The van der Waals surface area contributed by atoms with Gasteiger partial charge in [-0.1, -0.05) is 105 Å². The minimum Gasteiger partial charge on any atom is -0.476 e. The first-order valence-corrected chi connectivity index (χ1v) is 28.8. The number of hydrogen-bond donors (Lipinski definition) is 5. The third-order valence-electron chi connectivity index (χ3n) is 15.1. The summed E-state index contributed by atoms with van der Waals surface area (Å²) in [6, 6.07) is 35.8. The Balaban J connectivity index is 0.736. The second-order valence-corrected chi connectivity index (χ2v) is 23.7. The number of amides is 4. The van der Waals surface area contributed by atoms with E-state index in [-0.39, 0.29) is 48.8 Å². The van der Waals surface area contributed by atoms with Gasteiger partial charge in [0.25, 0.3) is 5.91 Å².